The molecule has 1 aromatic heterocycles. The van der Waals surface area contributed by atoms with Gasteiger partial charge in [0, 0.05) is 24.0 Å². The number of carbonyl (C=O) groups is 1. The van der Waals surface area contributed by atoms with Crippen molar-refractivity contribution in [2.75, 3.05) is 20.7 Å². The molecule has 24 heavy (non-hydrogen) atoms. The third kappa shape index (κ3) is 4.20. The first kappa shape index (κ1) is 17.1. The number of ether oxygens (including phenoxy) is 1. The molecule has 3 rings (SSSR count). The van der Waals surface area contributed by atoms with E-state index in [1.165, 1.54) is 7.11 Å². The van der Waals surface area contributed by atoms with E-state index >= 15 is 0 Å². The maximum absolute atomic E-state index is 11.6. The van der Waals surface area contributed by atoms with Crippen molar-refractivity contribution in [2.45, 2.75) is 25.5 Å². The number of hydrogen-bond donors (Lipinski definition) is 1. The zero-order valence-corrected chi connectivity index (χ0v) is 14.8. The van der Waals surface area contributed by atoms with Crippen LogP contribution in [-0.4, -0.2) is 47.8 Å². The number of rotatable bonds is 7. The lowest BCUT2D eigenvalue weighted by molar-refractivity contribution is 0.0600. The maximum atomic E-state index is 11.6. The summed E-state index contributed by atoms with van der Waals surface area (Å²) in [6, 6.07) is 7.31. The molecule has 128 valence electrons. The number of likely N-dealkylation sites (N-methyl/N-ethyl adjacent to an activating group) is 1. The van der Waals surface area contributed by atoms with E-state index in [9.17, 15) is 9.90 Å². The molecule has 1 atom stereocenters. The first-order valence-electron chi connectivity index (χ1n) is 8.06. The van der Waals surface area contributed by atoms with Gasteiger partial charge in [0.15, 0.2) is 0 Å². The van der Waals surface area contributed by atoms with Crippen LogP contribution in [0.2, 0.25) is 0 Å². The highest BCUT2D eigenvalue weighted by atomic mass is 32.1. The Labute approximate surface area is 145 Å². The molecule has 1 N–H and O–H groups in total. The molecule has 1 aliphatic rings. The minimum absolute atomic E-state index is 0.232. The zero-order chi connectivity index (χ0) is 17.1. The van der Waals surface area contributed by atoms with Crippen LogP contribution in [0.5, 0.6) is 0 Å². The van der Waals surface area contributed by atoms with Crippen LogP contribution < -0.4 is 0 Å². The van der Waals surface area contributed by atoms with Crippen LogP contribution in [0.15, 0.2) is 29.6 Å². The largest absolute Gasteiger partial charge is 0.465 e. The molecule has 0 bridgehead atoms. The lowest BCUT2D eigenvalue weighted by Gasteiger charge is -2.19. The zero-order valence-electron chi connectivity index (χ0n) is 13.9. The van der Waals surface area contributed by atoms with Crippen LogP contribution in [0.4, 0.5) is 0 Å². The molecule has 0 amide bonds. The lowest BCUT2D eigenvalue weighted by atomic mass is 10.1. The molecule has 1 fully saturated rings. The summed E-state index contributed by atoms with van der Waals surface area (Å²) in [6.45, 7) is 1.38. The predicted octanol–water partition coefficient (Wildman–Crippen LogP) is 2.80. The summed E-state index contributed by atoms with van der Waals surface area (Å²) in [5.41, 5.74) is 2.41. The Morgan fingerprint density at radius 2 is 2.29 bits per heavy atom. The van der Waals surface area contributed by atoms with Crippen molar-refractivity contribution in [3.8, 4) is 10.6 Å². The summed E-state index contributed by atoms with van der Waals surface area (Å²) >= 11 is 1.56. The second-order valence-corrected chi connectivity index (χ2v) is 7.18. The number of nitrogens with zero attached hydrogens (tertiary/aromatic N) is 2. The second kappa shape index (κ2) is 7.42. The van der Waals surface area contributed by atoms with Crippen molar-refractivity contribution in [3.63, 3.8) is 0 Å². The van der Waals surface area contributed by atoms with E-state index in [2.05, 4.69) is 9.88 Å². The average Bonchev–Trinajstić information content (AvgIpc) is 3.34. The molecule has 1 aromatic carbocycles. The molecule has 0 aliphatic heterocycles. The van der Waals surface area contributed by atoms with Gasteiger partial charge in [-0.25, -0.2) is 9.78 Å². The monoisotopic (exact) mass is 346 g/mol. The van der Waals surface area contributed by atoms with Crippen molar-refractivity contribution in [1.29, 1.82) is 0 Å². The molecule has 1 aliphatic carbocycles. The fraction of sp³-hybridized carbons (Fsp3) is 0.444. The quantitative estimate of drug-likeness (QED) is 0.781. The number of esters is 1. The van der Waals surface area contributed by atoms with E-state index in [4.69, 9.17) is 4.74 Å². The highest BCUT2D eigenvalue weighted by Crippen LogP contribution is 2.33. The van der Waals surface area contributed by atoms with Crippen LogP contribution in [0, 0.1) is 5.92 Å². The Kier molecular flexibility index (Phi) is 5.28. The van der Waals surface area contributed by atoms with E-state index in [1.54, 1.807) is 23.5 Å². The molecular weight excluding hydrogens is 324 g/mol. The van der Waals surface area contributed by atoms with Crippen molar-refractivity contribution in [3.05, 3.63) is 40.9 Å². The fourth-order valence-corrected chi connectivity index (χ4v) is 3.51. The van der Waals surface area contributed by atoms with Crippen LogP contribution >= 0.6 is 11.3 Å². The number of carbonyl (C=O) groups excluding carboxylic acids is 1. The number of aromatic nitrogens is 1. The summed E-state index contributed by atoms with van der Waals surface area (Å²) in [4.78, 5) is 18.4. The van der Waals surface area contributed by atoms with Crippen molar-refractivity contribution in [1.82, 2.24) is 9.88 Å². The molecule has 6 heteroatoms. The van der Waals surface area contributed by atoms with Crippen molar-refractivity contribution < 1.29 is 14.6 Å². The minimum Gasteiger partial charge on any atom is -0.465 e. The standard InChI is InChI=1S/C18H22N2O3S/c1-20(10-16(21)12-6-7-12)9-15-11-24-17(19-15)13-4-3-5-14(8-13)18(22)23-2/h3-5,8,11-12,16,21H,6-7,9-10H2,1-2H3. The Hall–Kier alpha value is -1.76. The van der Waals surface area contributed by atoms with Gasteiger partial charge in [-0.3, -0.25) is 4.90 Å². The van der Waals surface area contributed by atoms with E-state index in [-0.39, 0.29) is 12.1 Å². The highest BCUT2D eigenvalue weighted by molar-refractivity contribution is 7.13. The molecule has 1 saturated carbocycles. The molecule has 0 radical (unpaired) electrons. The molecular formula is C18H22N2O3S. The number of aliphatic hydroxyl groups is 1. The average molecular weight is 346 g/mol. The number of hydrogen-bond acceptors (Lipinski definition) is 6. The topological polar surface area (TPSA) is 62.7 Å². The minimum atomic E-state index is -0.345. The summed E-state index contributed by atoms with van der Waals surface area (Å²) in [7, 11) is 3.38. The van der Waals surface area contributed by atoms with Crippen LogP contribution in [-0.2, 0) is 11.3 Å². The van der Waals surface area contributed by atoms with Gasteiger partial charge in [-0.15, -0.1) is 11.3 Å². The molecule has 1 heterocycles. The summed E-state index contributed by atoms with van der Waals surface area (Å²) < 4.78 is 4.76. The van der Waals surface area contributed by atoms with Gasteiger partial charge in [0.2, 0.25) is 0 Å². The second-order valence-electron chi connectivity index (χ2n) is 6.32. The van der Waals surface area contributed by atoms with Gasteiger partial charge in [0.05, 0.1) is 24.5 Å². The third-order valence-electron chi connectivity index (χ3n) is 4.18. The SMILES string of the molecule is COC(=O)c1cccc(-c2nc(CN(C)CC(O)C3CC3)cs2)c1. The van der Waals surface area contributed by atoms with E-state index in [0.717, 1.165) is 29.1 Å². The Morgan fingerprint density at radius 3 is 3.00 bits per heavy atom. The Balaban J connectivity index is 1.65. The summed E-state index contributed by atoms with van der Waals surface area (Å²) in [5, 5.41) is 12.9. The van der Waals surface area contributed by atoms with Gasteiger partial charge in [-0.1, -0.05) is 12.1 Å². The Morgan fingerprint density at radius 1 is 1.50 bits per heavy atom. The third-order valence-corrected chi connectivity index (χ3v) is 5.12. The highest BCUT2D eigenvalue weighted by Gasteiger charge is 2.30. The van der Waals surface area contributed by atoms with Crippen molar-refractivity contribution in [2.24, 2.45) is 5.92 Å². The van der Waals surface area contributed by atoms with Gasteiger partial charge < -0.3 is 9.84 Å². The molecule has 2 aromatic rings. The molecule has 1 unspecified atom stereocenters. The van der Waals surface area contributed by atoms with Crippen LogP contribution in [0.1, 0.15) is 28.9 Å². The predicted molar refractivity (Wildman–Crippen MR) is 94.0 cm³/mol. The smallest absolute Gasteiger partial charge is 0.337 e. The first-order valence-corrected chi connectivity index (χ1v) is 8.94. The maximum Gasteiger partial charge on any atom is 0.337 e. The van der Waals surface area contributed by atoms with Gasteiger partial charge in [-0.2, -0.15) is 0 Å². The fourth-order valence-electron chi connectivity index (χ4n) is 2.70. The first-order chi connectivity index (χ1) is 11.6. The van der Waals surface area contributed by atoms with E-state index in [0.29, 0.717) is 24.6 Å². The number of methoxy groups -OCH3 is 1. The van der Waals surface area contributed by atoms with E-state index in [1.807, 2.05) is 24.6 Å². The number of aliphatic hydroxyl groups excluding tert-OH is 1. The van der Waals surface area contributed by atoms with Gasteiger partial charge >= 0.3 is 5.97 Å². The number of benzene rings is 1. The van der Waals surface area contributed by atoms with Crippen LogP contribution in [0.3, 0.4) is 0 Å². The van der Waals surface area contributed by atoms with E-state index < -0.39 is 0 Å². The normalized spacial score (nSPS) is 15.5. The molecule has 5 nitrogen and oxygen atoms in total. The van der Waals surface area contributed by atoms with Crippen molar-refractivity contribution >= 4 is 17.3 Å². The Bertz CT molecular complexity index is 712. The summed E-state index contributed by atoms with van der Waals surface area (Å²) in [6.07, 6.45) is 2.06. The summed E-state index contributed by atoms with van der Waals surface area (Å²) in [5.74, 6) is 0.141. The van der Waals surface area contributed by atoms with Crippen LogP contribution in [0.25, 0.3) is 10.6 Å². The van der Waals surface area contributed by atoms with Gasteiger partial charge in [0.25, 0.3) is 0 Å². The lowest BCUT2D eigenvalue weighted by Crippen LogP contribution is -2.30. The van der Waals surface area contributed by atoms with Gasteiger partial charge in [0.1, 0.15) is 5.01 Å². The molecule has 0 spiro atoms. The number of thiazole rings is 1. The van der Waals surface area contributed by atoms with Gasteiger partial charge in [-0.05, 0) is 37.9 Å². The molecule has 0 saturated heterocycles.